The minimum Gasteiger partial charge on any atom is -0.497 e. The number of rotatable bonds is 6. The number of hydrogen-bond acceptors (Lipinski definition) is 5. The number of methoxy groups -OCH3 is 1. The molecule has 0 aromatic heterocycles. The van der Waals surface area contributed by atoms with Gasteiger partial charge < -0.3 is 25.4 Å². The van der Waals surface area contributed by atoms with E-state index in [1.807, 2.05) is 24.3 Å². The monoisotopic (exact) mass is 425 g/mol. The lowest BCUT2D eigenvalue weighted by atomic mass is 9.74. The van der Waals surface area contributed by atoms with E-state index in [1.165, 1.54) is 6.92 Å². The topological polar surface area (TPSA) is 106 Å². The Bertz CT molecular complexity index is 919. The molecule has 0 radical (unpaired) electrons. The van der Waals surface area contributed by atoms with Gasteiger partial charge in [-0.15, -0.1) is 0 Å². The van der Waals surface area contributed by atoms with Crippen LogP contribution in [0.1, 0.15) is 25.3 Å². The average Bonchev–Trinajstić information content (AvgIpc) is 2.79. The van der Waals surface area contributed by atoms with Gasteiger partial charge in [0, 0.05) is 43.5 Å². The average molecular weight is 425 g/mol. The van der Waals surface area contributed by atoms with Gasteiger partial charge in [0.05, 0.1) is 7.11 Å². The minimum atomic E-state index is -0.746. The fourth-order valence-corrected chi connectivity index (χ4v) is 3.63. The van der Waals surface area contributed by atoms with Gasteiger partial charge in [-0.25, -0.2) is 0 Å². The van der Waals surface area contributed by atoms with Crippen molar-refractivity contribution < 1.29 is 23.9 Å². The molecule has 0 saturated carbocycles. The summed E-state index contributed by atoms with van der Waals surface area (Å²) in [7, 11) is 1.62. The number of benzene rings is 2. The number of nitrogens with one attached hydrogen (secondary N) is 3. The van der Waals surface area contributed by atoms with E-state index in [9.17, 15) is 14.4 Å². The fraction of sp³-hybridized carbons (Fsp3) is 0.348. The van der Waals surface area contributed by atoms with Gasteiger partial charge in [0.1, 0.15) is 5.75 Å². The number of carbonyl (C=O) groups excluding carboxylic acids is 3. The Morgan fingerprint density at radius 3 is 2.03 bits per heavy atom. The van der Waals surface area contributed by atoms with E-state index in [0.717, 1.165) is 24.2 Å². The number of amides is 3. The molecule has 1 fully saturated rings. The number of anilines is 2. The van der Waals surface area contributed by atoms with Gasteiger partial charge in [-0.3, -0.25) is 14.4 Å². The van der Waals surface area contributed by atoms with Crippen LogP contribution < -0.4 is 20.7 Å². The van der Waals surface area contributed by atoms with Crippen LogP contribution in [0, 0.1) is 0 Å². The molecule has 1 heterocycles. The zero-order chi connectivity index (χ0) is 22.3. The van der Waals surface area contributed by atoms with Crippen molar-refractivity contribution >= 4 is 29.1 Å². The first-order chi connectivity index (χ1) is 14.9. The van der Waals surface area contributed by atoms with Crippen LogP contribution >= 0.6 is 0 Å². The van der Waals surface area contributed by atoms with E-state index in [0.29, 0.717) is 31.1 Å². The molecular weight excluding hydrogens is 398 g/mol. The largest absolute Gasteiger partial charge is 0.497 e. The third-order valence-electron chi connectivity index (χ3n) is 5.41. The Balaban J connectivity index is 1.62. The first-order valence-corrected chi connectivity index (χ1v) is 10.1. The van der Waals surface area contributed by atoms with E-state index in [-0.39, 0.29) is 11.3 Å². The molecule has 8 nitrogen and oxygen atoms in total. The van der Waals surface area contributed by atoms with E-state index in [1.54, 1.807) is 31.4 Å². The first-order valence-electron chi connectivity index (χ1n) is 10.1. The molecule has 8 heteroatoms. The molecule has 0 unspecified atom stereocenters. The molecule has 2 aromatic carbocycles. The van der Waals surface area contributed by atoms with Crippen LogP contribution in [0.5, 0.6) is 5.75 Å². The Morgan fingerprint density at radius 2 is 1.48 bits per heavy atom. The quantitative estimate of drug-likeness (QED) is 0.617. The molecule has 1 aliphatic heterocycles. The molecule has 1 aliphatic rings. The number of hydrogen-bond donors (Lipinski definition) is 3. The summed E-state index contributed by atoms with van der Waals surface area (Å²) in [5, 5.41) is 8.00. The highest BCUT2D eigenvalue weighted by Gasteiger charge is 2.35. The number of ether oxygens (including phenoxy) is 2. The number of carbonyl (C=O) groups is 3. The Labute approximate surface area is 181 Å². The highest BCUT2D eigenvalue weighted by Crippen LogP contribution is 2.35. The molecule has 3 N–H and O–H groups in total. The molecule has 0 aliphatic carbocycles. The second kappa shape index (κ2) is 10.1. The second-order valence-electron chi connectivity index (χ2n) is 7.52. The molecule has 1 saturated heterocycles. The molecule has 3 amide bonds. The van der Waals surface area contributed by atoms with Crippen molar-refractivity contribution in [2.75, 3.05) is 37.5 Å². The standard InChI is InChI=1S/C23H27N3O5/c1-16(27)25-18-5-7-19(8-6-18)26-22(29)21(28)24-15-23(11-13-31-14-12-23)17-3-9-20(30-2)10-4-17/h3-10H,11-15H2,1-2H3,(H,24,28)(H,25,27)(H,26,29). The van der Waals surface area contributed by atoms with E-state index in [4.69, 9.17) is 9.47 Å². The molecule has 164 valence electrons. The minimum absolute atomic E-state index is 0.185. The predicted molar refractivity (Wildman–Crippen MR) is 117 cm³/mol. The van der Waals surface area contributed by atoms with Crippen molar-refractivity contribution in [1.82, 2.24) is 5.32 Å². The fourth-order valence-electron chi connectivity index (χ4n) is 3.63. The zero-order valence-electron chi connectivity index (χ0n) is 17.7. The van der Waals surface area contributed by atoms with Crippen LogP contribution in [0.25, 0.3) is 0 Å². The lowest BCUT2D eigenvalue weighted by Crippen LogP contribution is -2.47. The molecule has 3 rings (SSSR count). The van der Waals surface area contributed by atoms with Crippen molar-refractivity contribution in [2.24, 2.45) is 0 Å². The van der Waals surface area contributed by atoms with E-state index in [2.05, 4.69) is 16.0 Å². The smallest absolute Gasteiger partial charge is 0.313 e. The zero-order valence-corrected chi connectivity index (χ0v) is 17.7. The summed E-state index contributed by atoms with van der Waals surface area (Å²) < 4.78 is 10.7. The maximum absolute atomic E-state index is 12.4. The van der Waals surface area contributed by atoms with Gasteiger partial charge in [0.15, 0.2) is 0 Å². The summed E-state index contributed by atoms with van der Waals surface area (Å²) >= 11 is 0. The summed E-state index contributed by atoms with van der Waals surface area (Å²) in [6, 6.07) is 14.3. The third-order valence-corrected chi connectivity index (χ3v) is 5.41. The molecule has 0 atom stereocenters. The predicted octanol–water partition coefficient (Wildman–Crippen LogP) is 2.46. The van der Waals surface area contributed by atoms with Gasteiger partial charge >= 0.3 is 11.8 Å². The van der Waals surface area contributed by atoms with Crippen LogP contribution in [0.4, 0.5) is 11.4 Å². The van der Waals surface area contributed by atoms with E-state index < -0.39 is 11.8 Å². The van der Waals surface area contributed by atoms with Gasteiger partial charge in [0.25, 0.3) is 0 Å². The van der Waals surface area contributed by atoms with Crippen LogP contribution in [0.3, 0.4) is 0 Å². The van der Waals surface area contributed by atoms with Gasteiger partial charge in [-0.2, -0.15) is 0 Å². The van der Waals surface area contributed by atoms with Crippen LogP contribution in [0.15, 0.2) is 48.5 Å². The molecular formula is C23H27N3O5. The maximum atomic E-state index is 12.4. The normalized spacial score (nSPS) is 14.9. The summed E-state index contributed by atoms with van der Waals surface area (Å²) in [4.78, 5) is 35.9. The molecule has 0 spiro atoms. The summed E-state index contributed by atoms with van der Waals surface area (Å²) in [5.41, 5.74) is 1.84. The van der Waals surface area contributed by atoms with Crippen molar-refractivity contribution in [3.05, 3.63) is 54.1 Å². The molecule has 2 aromatic rings. The molecule has 0 bridgehead atoms. The lowest BCUT2D eigenvalue weighted by molar-refractivity contribution is -0.136. The van der Waals surface area contributed by atoms with Gasteiger partial charge in [-0.05, 0) is 54.8 Å². The van der Waals surface area contributed by atoms with Gasteiger partial charge in [-0.1, -0.05) is 12.1 Å². The third kappa shape index (κ3) is 5.82. The first kappa shape index (κ1) is 22.3. The Morgan fingerprint density at radius 1 is 0.903 bits per heavy atom. The van der Waals surface area contributed by atoms with E-state index >= 15 is 0 Å². The van der Waals surface area contributed by atoms with Crippen LogP contribution in [-0.4, -0.2) is 44.6 Å². The summed E-state index contributed by atoms with van der Waals surface area (Å²) in [6.45, 7) is 2.93. The molecule has 31 heavy (non-hydrogen) atoms. The lowest BCUT2D eigenvalue weighted by Gasteiger charge is -2.38. The van der Waals surface area contributed by atoms with Crippen LogP contribution in [-0.2, 0) is 24.5 Å². The highest BCUT2D eigenvalue weighted by atomic mass is 16.5. The SMILES string of the molecule is COc1ccc(C2(CNC(=O)C(=O)Nc3ccc(NC(C)=O)cc3)CCOCC2)cc1. The Hall–Kier alpha value is -3.39. The second-order valence-corrected chi connectivity index (χ2v) is 7.52. The van der Waals surface area contributed by atoms with Crippen molar-refractivity contribution in [1.29, 1.82) is 0 Å². The highest BCUT2D eigenvalue weighted by molar-refractivity contribution is 6.39. The summed E-state index contributed by atoms with van der Waals surface area (Å²) in [6.07, 6.45) is 1.48. The Kier molecular flexibility index (Phi) is 7.25. The van der Waals surface area contributed by atoms with Crippen LogP contribution in [0.2, 0.25) is 0 Å². The maximum Gasteiger partial charge on any atom is 0.313 e. The van der Waals surface area contributed by atoms with Gasteiger partial charge in [0.2, 0.25) is 5.91 Å². The van der Waals surface area contributed by atoms with Crippen molar-refractivity contribution in [2.45, 2.75) is 25.2 Å². The summed E-state index contributed by atoms with van der Waals surface area (Å²) in [5.74, 6) is -0.872. The van der Waals surface area contributed by atoms with Crippen molar-refractivity contribution in [3.8, 4) is 5.75 Å². The van der Waals surface area contributed by atoms with Crippen molar-refractivity contribution in [3.63, 3.8) is 0 Å².